The molecule has 0 atom stereocenters. The summed E-state index contributed by atoms with van der Waals surface area (Å²) in [4.78, 5) is 10.8. The summed E-state index contributed by atoms with van der Waals surface area (Å²) < 4.78 is 5.70. The molecule has 0 bridgehead atoms. The number of aromatic nitrogens is 2. The third-order valence-corrected chi connectivity index (χ3v) is 4.82. The average Bonchev–Trinajstić information content (AvgIpc) is 2.66. The Hall–Kier alpha value is -2.85. The number of hydrogen-bond acceptors (Lipinski definition) is 7. The predicted molar refractivity (Wildman–Crippen MR) is 105 cm³/mol. The van der Waals surface area contributed by atoms with Gasteiger partial charge in [-0.05, 0) is 43.9 Å². The second-order valence-electron chi connectivity index (χ2n) is 6.83. The maximum atomic E-state index is 8.90. The van der Waals surface area contributed by atoms with Crippen LogP contribution in [0.15, 0.2) is 24.4 Å². The van der Waals surface area contributed by atoms with Crippen LogP contribution in [0.2, 0.25) is 0 Å². The lowest BCUT2D eigenvalue weighted by Crippen LogP contribution is -2.39. The van der Waals surface area contributed by atoms with Gasteiger partial charge in [0.15, 0.2) is 0 Å². The summed E-state index contributed by atoms with van der Waals surface area (Å²) in [6.07, 6.45) is 3.48. The number of nitriles is 1. The molecular formula is C20H26N6O. The van der Waals surface area contributed by atoms with Gasteiger partial charge in [-0.25, -0.2) is 4.98 Å². The van der Waals surface area contributed by atoms with Crippen LogP contribution in [0.1, 0.15) is 36.5 Å². The Bertz CT molecular complexity index is 824. The minimum Gasteiger partial charge on any atom is -0.494 e. The lowest BCUT2D eigenvalue weighted by Gasteiger charge is -2.32. The van der Waals surface area contributed by atoms with Crippen LogP contribution < -0.4 is 15.8 Å². The highest BCUT2D eigenvalue weighted by Gasteiger charge is 2.20. The van der Waals surface area contributed by atoms with Gasteiger partial charge in [-0.15, -0.1) is 0 Å². The highest BCUT2D eigenvalue weighted by molar-refractivity contribution is 5.49. The molecule has 0 saturated carbocycles. The SMILES string of the molecule is CCOc1cc(CN2CCC(Nc3ncc(C#N)c(N)n3)CC2)ccc1C. The summed E-state index contributed by atoms with van der Waals surface area (Å²) >= 11 is 0. The first-order valence-corrected chi connectivity index (χ1v) is 9.33. The van der Waals surface area contributed by atoms with Gasteiger partial charge in [0.2, 0.25) is 5.95 Å². The molecule has 1 aromatic carbocycles. The van der Waals surface area contributed by atoms with Gasteiger partial charge in [0.1, 0.15) is 23.2 Å². The summed E-state index contributed by atoms with van der Waals surface area (Å²) in [7, 11) is 0. The Morgan fingerprint density at radius 3 is 2.81 bits per heavy atom. The fourth-order valence-corrected chi connectivity index (χ4v) is 3.28. The Kier molecular flexibility index (Phi) is 6.09. The molecule has 1 saturated heterocycles. The minimum absolute atomic E-state index is 0.219. The molecule has 7 nitrogen and oxygen atoms in total. The summed E-state index contributed by atoms with van der Waals surface area (Å²) in [6.45, 7) is 7.69. The highest BCUT2D eigenvalue weighted by atomic mass is 16.5. The second kappa shape index (κ2) is 8.69. The van der Waals surface area contributed by atoms with Crippen LogP contribution in [-0.2, 0) is 6.54 Å². The van der Waals surface area contributed by atoms with Crippen molar-refractivity contribution in [3.05, 3.63) is 41.1 Å². The topological polar surface area (TPSA) is 100 Å². The number of nitrogens with zero attached hydrogens (tertiary/aromatic N) is 4. The molecule has 7 heteroatoms. The summed E-state index contributed by atoms with van der Waals surface area (Å²) in [5.41, 5.74) is 8.51. The van der Waals surface area contributed by atoms with Gasteiger partial charge in [-0.3, -0.25) is 4.90 Å². The molecule has 1 aliphatic rings. The molecule has 0 unspecified atom stereocenters. The van der Waals surface area contributed by atoms with Crippen LogP contribution in [0.25, 0.3) is 0 Å². The number of anilines is 2. The molecule has 1 fully saturated rings. The number of aryl methyl sites for hydroxylation is 1. The number of nitrogens with one attached hydrogen (secondary N) is 1. The van der Waals surface area contributed by atoms with Crippen molar-refractivity contribution < 1.29 is 4.74 Å². The predicted octanol–water partition coefficient (Wildman–Crippen LogP) is 2.71. The Morgan fingerprint density at radius 1 is 1.37 bits per heavy atom. The van der Waals surface area contributed by atoms with Gasteiger partial charge in [0, 0.05) is 25.7 Å². The minimum atomic E-state index is 0.219. The Labute approximate surface area is 160 Å². The third kappa shape index (κ3) is 4.86. The molecule has 3 N–H and O–H groups in total. The van der Waals surface area contributed by atoms with Gasteiger partial charge < -0.3 is 15.8 Å². The maximum Gasteiger partial charge on any atom is 0.224 e. The van der Waals surface area contributed by atoms with E-state index in [1.807, 2.05) is 13.0 Å². The molecule has 1 aliphatic heterocycles. The van der Waals surface area contributed by atoms with Crippen molar-refractivity contribution in [2.75, 3.05) is 30.7 Å². The van der Waals surface area contributed by atoms with E-state index < -0.39 is 0 Å². The van der Waals surface area contributed by atoms with Gasteiger partial charge >= 0.3 is 0 Å². The number of rotatable bonds is 6. The number of nitrogens with two attached hydrogens (primary N) is 1. The average molecular weight is 366 g/mol. The smallest absolute Gasteiger partial charge is 0.224 e. The Balaban J connectivity index is 1.52. The van der Waals surface area contributed by atoms with Crippen LogP contribution in [0, 0.1) is 18.3 Å². The molecular weight excluding hydrogens is 340 g/mol. The van der Waals surface area contributed by atoms with E-state index in [0.29, 0.717) is 24.2 Å². The van der Waals surface area contributed by atoms with E-state index in [1.165, 1.54) is 17.3 Å². The number of ether oxygens (including phenoxy) is 1. The van der Waals surface area contributed by atoms with Gasteiger partial charge in [-0.1, -0.05) is 12.1 Å². The first kappa shape index (κ1) is 18.9. The Morgan fingerprint density at radius 2 is 2.15 bits per heavy atom. The standard InChI is InChI=1S/C20H26N6O/c1-3-27-18-10-15(5-4-14(18)2)13-26-8-6-17(7-9-26)24-20-23-12-16(11-21)19(22)25-20/h4-5,10,12,17H,3,6-9,13H2,1-2H3,(H3,22,23,24,25). The van der Waals surface area contributed by atoms with Crippen LogP contribution >= 0.6 is 0 Å². The molecule has 1 aromatic heterocycles. The summed E-state index contributed by atoms with van der Waals surface area (Å²) in [6, 6.07) is 8.74. The van der Waals surface area contributed by atoms with Crippen molar-refractivity contribution in [2.45, 2.75) is 39.3 Å². The molecule has 3 rings (SSSR count). The normalized spacial score (nSPS) is 15.3. The van der Waals surface area contributed by atoms with Crippen molar-refractivity contribution in [3.63, 3.8) is 0 Å². The lowest BCUT2D eigenvalue weighted by molar-refractivity contribution is 0.210. The number of likely N-dealkylation sites (tertiary alicyclic amines) is 1. The van der Waals surface area contributed by atoms with Crippen molar-refractivity contribution in [1.29, 1.82) is 5.26 Å². The van der Waals surface area contributed by atoms with E-state index in [9.17, 15) is 0 Å². The van der Waals surface area contributed by atoms with Gasteiger partial charge in [0.25, 0.3) is 0 Å². The molecule has 0 radical (unpaired) electrons. The van der Waals surface area contributed by atoms with Gasteiger partial charge in [0.05, 0.1) is 12.8 Å². The van der Waals surface area contributed by atoms with E-state index in [4.69, 9.17) is 15.7 Å². The second-order valence-corrected chi connectivity index (χ2v) is 6.83. The monoisotopic (exact) mass is 366 g/mol. The number of hydrogen-bond donors (Lipinski definition) is 2. The van der Waals surface area contributed by atoms with Crippen LogP contribution in [0.5, 0.6) is 5.75 Å². The zero-order valence-corrected chi connectivity index (χ0v) is 15.9. The quantitative estimate of drug-likeness (QED) is 0.810. The highest BCUT2D eigenvalue weighted by Crippen LogP contribution is 2.22. The van der Waals surface area contributed by atoms with Crippen LogP contribution in [-0.4, -0.2) is 40.6 Å². The molecule has 0 spiro atoms. The number of piperidine rings is 1. The fraction of sp³-hybridized carbons (Fsp3) is 0.450. The summed E-state index contributed by atoms with van der Waals surface area (Å²) in [5, 5.41) is 12.2. The largest absolute Gasteiger partial charge is 0.494 e. The van der Waals surface area contributed by atoms with E-state index in [0.717, 1.165) is 38.2 Å². The van der Waals surface area contributed by atoms with Crippen molar-refractivity contribution in [3.8, 4) is 11.8 Å². The van der Waals surface area contributed by atoms with Crippen LogP contribution in [0.3, 0.4) is 0 Å². The number of benzene rings is 1. The van der Waals surface area contributed by atoms with E-state index in [-0.39, 0.29) is 5.82 Å². The summed E-state index contributed by atoms with van der Waals surface area (Å²) in [5.74, 6) is 1.68. The lowest BCUT2D eigenvalue weighted by atomic mass is 10.0. The van der Waals surface area contributed by atoms with Crippen LogP contribution in [0.4, 0.5) is 11.8 Å². The molecule has 0 aliphatic carbocycles. The van der Waals surface area contributed by atoms with E-state index in [1.54, 1.807) is 0 Å². The molecule has 142 valence electrons. The third-order valence-electron chi connectivity index (χ3n) is 4.82. The first-order valence-electron chi connectivity index (χ1n) is 9.33. The molecule has 0 amide bonds. The molecule has 27 heavy (non-hydrogen) atoms. The number of nitrogen functional groups attached to an aromatic ring is 1. The zero-order valence-electron chi connectivity index (χ0n) is 15.9. The maximum absolute atomic E-state index is 8.90. The van der Waals surface area contributed by atoms with Crippen molar-refractivity contribution >= 4 is 11.8 Å². The van der Waals surface area contributed by atoms with Crippen molar-refractivity contribution in [1.82, 2.24) is 14.9 Å². The van der Waals surface area contributed by atoms with Crippen molar-refractivity contribution in [2.24, 2.45) is 0 Å². The first-order chi connectivity index (χ1) is 13.1. The fourth-order valence-electron chi connectivity index (χ4n) is 3.28. The van der Waals surface area contributed by atoms with Gasteiger partial charge in [-0.2, -0.15) is 10.2 Å². The molecule has 2 aromatic rings. The molecule has 2 heterocycles. The van der Waals surface area contributed by atoms with E-state index >= 15 is 0 Å². The zero-order chi connectivity index (χ0) is 19.2. The van der Waals surface area contributed by atoms with E-state index in [2.05, 4.69) is 45.3 Å².